The Bertz CT molecular complexity index is 680. The van der Waals surface area contributed by atoms with Gasteiger partial charge < -0.3 is 14.3 Å². The Labute approximate surface area is 168 Å². The molecular formula is C22H33NO5. The van der Waals surface area contributed by atoms with Crippen LogP contribution >= 0.6 is 0 Å². The van der Waals surface area contributed by atoms with Crippen molar-refractivity contribution in [1.29, 1.82) is 0 Å². The first-order chi connectivity index (χ1) is 13.0. The Morgan fingerprint density at radius 3 is 2.29 bits per heavy atom. The Morgan fingerprint density at radius 2 is 1.75 bits per heavy atom. The average Bonchev–Trinajstić information content (AvgIpc) is 2.54. The predicted molar refractivity (Wildman–Crippen MR) is 109 cm³/mol. The van der Waals surface area contributed by atoms with Crippen molar-refractivity contribution >= 4 is 12.1 Å². The molecule has 1 unspecified atom stereocenters. The first kappa shape index (κ1) is 23.7. The lowest BCUT2D eigenvalue weighted by Crippen LogP contribution is -2.28. The van der Waals surface area contributed by atoms with Gasteiger partial charge in [-0.2, -0.15) is 0 Å². The molecule has 1 aromatic carbocycles. The van der Waals surface area contributed by atoms with E-state index < -0.39 is 12.1 Å². The SMILES string of the molecule is CCCC(/C=C\COC(=O)NOC(=O)c1c(C)cc(C)cc1C)OC(C)(C)C. The van der Waals surface area contributed by atoms with Crippen LogP contribution < -0.4 is 5.48 Å². The van der Waals surface area contributed by atoms with Gasteiger partial charge in [0, 0.05) is 0 Å². The molecule has 0 aromatic heterocycles. The van der Waals surface area contributed by atoms with Gasteiger partial charge in [-0.25, -0.2) is 9.59 Å². The molecule has 0 bridgehead atoms. The van der Waals surface area contributed by atoms with Gasteiger partial charge in [-0.1, -0.05) is 37.1 Å². The third kappa shape index (κ3) is 8.57. The fourth-order valence-corrected chi connectivity index (χ4v) is 2.93. The van der Waals surface area contributed by atoms with Crippen molar-refractivity contribution in [3.8, 4) is 0 Å². The first-order valence-corrected chi connectivity index (χ1v) is 9.59. The minimum Gasteiger partial charge on any atom is -0.443 e. The van der Waals surface area contributed by atoms with Gasteiger partial charge in [0.2, 0.25) is 0 Å². The van der Waals surface area contributed by atoms with Crippen molar-refractivity contribution in [3.05, 3.63) is 46.5 Å². The second kappa shape index (κ2) is 10.9. The quantitative estimate of drug-likeness (QED) is 0.526. The number of hydrogen-bond donors (Lipinski definition) is 1. The van der Waals surface area contributed by atoms with Crippen molar-refractivity contribution in [2.75, 3.05) is 6.61 Å². The molecule has 0 spiro atoms. The number of rotatable bonds is 7. The summed E-state index contributed by atoms with van der Waals surface area (Å²) in [6.45, 7) is 13.7. The molecule has 0 aliphatic rings. The molecule has 1 rings (SSSR count). The molecule has 0 heterocycles. The highest BCUT2D eigenvalue weighted by atomic mass is 16.7. The number of benzene rings is 1. The van der Waals surface area contributed by atoms with Gasteiger partial charge in [0.25, 0.3) is 0 Å². The zero-order chi connectivity index (χ0) is 21.3. The largest absolute Gasteiger partial charge is 0.443 e. The highest BCUT2D eigenvalue weighted by Gasteiger charge is 2.17. The van der Waals surface area contributed by atoms with Crippen LogP contribution in [0.25, 0.3) is 0 Å². The summed E-state index contributed by atoms with van der Waals surface area (Å²) in [7, 11) is 0. The Balaban J connectivity index is 2.47. The van der Waals surface area contributed by atoms with Crippen LogP contribution in [0.5, 0.6) is 0 Å². The van der Waals surface area contributed by atoms with Crippen LogP contribution in [0.4, 0.5) is 4.79 Å². The summed E-state index contributed by atoms with van der Waals surface area (Å²) in [5.41, 5.74) is 4.86. The van der Waals surface area contributed by atoms with E-state index in [1.807, 2.05) is 65.2 Å². The number of ether oxygens (including phenoxy) is 2. The van der Waals surface area contributed by atoms with E-state index in [4.69, 9.17) is 14.3 Å². The van der Waals surface area contributed by atoms with E-state index in [1.165, 1.54) is 0 Å². The maximum Gasteiger partial charge on any atom is 0.441 e. The third-order valence-corrected chi connectivity index (χ3v) is 3.85. The summed E-state index contributed by atoms with van der Waals surface area (Å²) in [5, 5.41) is 0. The second-order valence-corrected chi connectivity index (χ2v) is 7.85. The Hall–Kier alpha value is -2.34. The van der Waals surface area contributed by atoms with E-state index in [9.17, 15) is 9.59 Å². The van der Waals surface area contributed by atoms with Gasteiger partial charge in [-0.05, 0) is 65.2 Å². The maximum atomic E-state index is 12.2. The summed E-state index contributed by atoms with van der Waals surface area (Å²) in [5.74, 6) is -0.621. The van der Waals surface area contributed by atoms with Crippen molar-refractivity contribution < 1.29 is 23.9 Å². The van der Waals surface area contributed by atoms with Gasteiger partial charge in [0.05, 0.1) is 17.3 Å². The van der Waals surface area contributed by atoms with Gasteiger partial charge >= 0.3 is 12.1 Å². The fraction of sp³-hybridized carbons (Fsp3) is 0.545. The molecule has 0 aliphatic carbocycles. The molecule has 0 saturated heterocycles. The number of carbonyl (C=O) groups is 2. The maximum absolute atomic E-state index is 12.2. The number of hydroxylamine groups is 1. The molecule has 156 valence electrons. The molecule has 1 amide bonds. The van der Waals surface area contributed by atoms with Crippen LogP contribution in [0.1, 0.15) is 67.6 Å². The molecule has 0 fully saturated rings. The third-order valence-electron chi connectivity index (χ3n) is 3.85. The minimum absolute atomic E-state index is 0.0398. The minimum atomic E-state index is -0.829. The van der Waals surface area contributed by atoms with E-state index in [-0.39, 0.29) is 18.3 Å². The molecule has 0 aliphatic heterocycles. The zero-order valence-electron chi connectivity index (χ0n) is 18.0. The van der Waals surface area contributed by atoms with Gasteiger partial charge in [-0.3, -0.25) is 0 Å². The number of amides is 1. The van der Waals surface area contributed by atoms with Crippen LogP contribution in [0.15, 0.2) is 24.3 Å². The van der Waals surface area contributed by atoms with Crippen molar-refractivity contribution in [2.24, 2.45) is 0 Å². The molecule has 0 radical (unpaired) electrons. The monoisotopic (exact) mass is 391 g/mol. The van der Waals surface area contributed by atoms with E-state index >= 15 is 0 Å². The summed E-state index contributed by atoms with van der Waals surface area (Å²) in [6.07, 6.45) is 4.60. The topological polar surface area (TPSA) is 73.9 Å². The molecule has 6 heteroatoms. The van der Waals surface area contributed by atoms with Crippen molar-refractivity contribution in [3.63, 3.8) is 0 Å². The van der Waals surface area contributed by atoms with E-state index in [0.29, 0.717) is 5.56 Å². The fourth-order valence-electron chi connectivity index (χ4n) is 2.93. The van der Waals surface area contributed by atoms with Gasteiger partial charge in [0.15, 0.2) is 0 Å². The Morgan fingerprint density at radius 1 is 1.14 bits per heavy atom. The molecule has 0 saturated carbocycles. The predicted octanol–water partition coefficient (Wildman–Crippen LogP) is 4.95. The number of carbonyl (C=O) groups excluding carboxylic acids is 2. The van der Waals surface area contributed by atoms with E-state index in [1.54, 1.807) is 6.08 Å². The lowest BCUT2D eigenvalue weighted by molar-refractivity contribution is -0.0413. The molecule has 6 nitrogen and oxygen atoms in total. The summed E-state index contributed by atoms with van der Waals surface area (Å²) >= 11 is 0. The summed E-state index contributed by atoms with van der Waals surface area (Å²) < 4.78 is 10.9. The van der Waals surface area contributed by atoms with Gasteiger partial charge in [0.1, 0.15) is 6.61 Å². The van der Waals surface area contributed by atoms with Crippen molar-refractivity contribution in [2.45, 2.75) is 73.0 Å². The molecule has 28 heavy (non-hydrogen) atoms. The zero-order valence-corrected chi connectivity index (χ0v) is 18.0. The van der Waals surface area contributed by atoms with Crippen LogP contribution in [0, 0.1) is 20.8 Å². The van der Waals surface area contributed by atoms with E-state index in [2.05, 4.69) is 6.92 Å². The number of nitrogens with one attached hydrogen (secondary N) is 1. The summed E-state index contributed by atoms with van der Waals surface area (Å²) in [6, 6.07) is 3.78. The second-order valence-electron chi connectivity index (χ2n) is 7.85. The van der Waals surface area contributed by atoms with Crippen molar-refractivity contribution in [1.82, 2.24) is 5.48 Å². The first-order valence-electron chi connectivity index (χ1n) is 9.59. The van der Waals surface area contributed by atoms with Crippen LogP contribution in [0.3, 0.4) is 0 Å². The number of hydrogen-bond acceptors (Lipinski definition) is 5. The Kier molecular flexibility index (Phi) is 9.19. The van der Waals surface area contributed by atoms with E-state index in [0.717, 1.165) is 29.5 Å². The van der Waals surface area contributed by atoms with Crippen LogP contribution in [0.2, 0.25) is 0 Å². The highest BCUT2D eigenvalue weighted by Crippen LogP contribution is 2.17. The number of aryl methyl sites for hydroxylation is 3. The molecule has 1 atom stereocenters. The average molecular weight is 392 g/mol. The smallest absolute Gasteiger partial charge is 0.441 e. The highest BCUT2D eigenvalue weighted by molar-refractivity contribution is 5.93. The molecular weight excluding hydrogens is 358 g/mol. The lowest BCUT2D eigenvalue weighted by atomic mass is 10.0. The molecule has 1 aromatic rings. The van der Waals surface area contributed by atoms with Crippen LogP contribution in [-0.2, 0) is 14.3 Å². The normalized spacial score (nSPS) is 12.7. The van der Waals surface area contributed by atoms with Gasteiger partial charge in [-0.15, -0.1) is 5.48 Å². The standard InChI is InChI=1S/C22H33NO5/c1-8-10-18(27-22(5,6)7)11-9-12-26-21(25)23-28-20(24)19-16(3)13-15(2)14-17(19)4/h9,11,13-14,18H,8,10,12H2,1-7H3,(H,23,25)/b11-9-. The lowest BCUT2D eigenvalue weighted by Gasteiger charge is -2.25. The summed E-state index contributed by atoms with van der Waals surface area (Å²) in [4.78, 5) is 28.8. The molecule has 1 N–H and O–H groups in total. The van der Waals surface area contributed by atoms with Crippen LogP contribution in [-0.4, -0.2) is 30.4 Å².